The summed E-state index contributed by atoms with van der Waals surface area (Å²) in [5.41, 5.74) is 3.10. The summed E-state index contributed by atoms with van der Waals surface area (Å²) < 4.78 is 12.0. The molecular formula is C28H29Cl2N3O3. The largest absolute Gasteiger partial charge is 0.489 e. The lowest BCUT2D eigenvalue weighted by Crippen LogP contribution is -2.42. The van der Waals surface area contributed by atoms with Gasteiger partial charge in [0.2, 0.25) is 0 Å². The number of ether oxygens (including phenoxy) is 2. The Morgan fingerprint density at radius 3 is 2.53 bits per heavy atom. The molecule has 1 aliphatic heterocycles. The Morgan fingerprint density at radius 2 is 1.78 bits per heavy atom. The smallest absolute Gasteiger partial charge is 0.410 e. The van der Waals surface area contributed by atoms with E-state index in [-0.39, 0.29) is 12.1 Å². The first-order valence-corrected chi connectivity index (χ1v) is 12.8. The van der Waals surface area contributed by atoms with Crippen molar-refractivity contribution in [2.24, 2.45) is 0 Å². The van der Waals surface area contributed by atoms with E-state index in [9.17, 15) is 4.79 Å². The number of nitrogens with one attached hydrogen (secondary N) is 2. The van der Waals surface area contributed by atoms with Crippen LogP contribution >= 0.6 is 23.2 Å². The van der Waals surface area contributed by atoms with Gasteiger partial charge in [-0.05, 0) is 82.1 Å². The summed E-state index contributed by atoms with van der Waals surface area (Å²) in [7, 11) is 0. The highest BCUT2D eigenvalue weighted by molar-refractivity contribution is 6.32. The van der Waals surface area contributed by atoms with Crippen LogP contribution < -0.4 is 10.1 Å². The van der Waals surface area contributed by atoms with Crippen molar-refractivity contribution in [3.63, 3.8) is 0 Å². The van der Waals surface area contributed by atoms with Gasteiger partial charge in [0.05, 0.1) is 11.6 Å². The molecule has 0 saturated carbocycles. The summed E-state index contributed by atoms with van der Waals surface area (Å²) in [6, 6.07) is 17.3. The van der Waals surface area contributed by atoms with E-state index in [1.807, 2.05) is 69.3 Å². The molecule has 1 aromatic heterocycles. The zero-order valence-corrected chi connectivity index (χ0v) is 22.0. The Morgan fingerprint density at radius 1 is 1.03 bits per heavy atom. The highest BCUT2D eigenvalue weighted by Gasteiger charge is 2.32. The monoisotopic (exact) mass is 525 g/mol. The van der Waals surface area contributed by atoms with Gasteiger partial charge >= 0.3 is 6.09 Å². The molecule has 188 valence electrons. The van der Waals surface area contributed by atoms with Crippen molar-refractivity contribution in [3.05, 3.63) is 64.6 Å². The number of hydrogen-bond acceptors (Lipinski definition) is 4. The zero-order valence-electron chi connectivity index (χ0n) is 20.5. The van der Waals surface area contributed by atoms with Gasteiger partial charge in [0, 0.05) is 50.3 Å². The second kappa shape index (κ2) is 9.75. The average molecular weight is 526 g/mol. The lowest BCUT2D eigenvalue weighted by molar-refractivity contribution is 0.0188. The number of benzene rings is 3. The molecule has 5 rings (SSSR count). The Hall–Kier alpha value is -3.09. The first-order chi connectivity index (χ1) is 17.2. The second-order valence-electron chi connectivity index (χ2n) is 10.1. The number of nitrogens with zero attached hydrogens (tertiary/aromatic N) is 1. The van der Waals surface area contributed by atoms with Gasteiger partial charge in [-0.25, -0.2) is 4.79 Å². The fraction of sp³-hybridized carbons (Fsp3) is 0.321. The number of H-pyrrole nitrogens is 1. The summed E-state index contributed by atoms with van der Waals surface area (Å²) in [6.07, 6.45) is 1.50. The third-order valence-electron chi connectivity index (χ3n) is 6.20. The van der Waals surface area contributed by atoms with E-state index in [0.717, 1.165) is 46.0 Å². The number of carbonyl (C=O) groups excluding carboxylic acids is 1. The summed E-state index contributed by atoms with van der Waals surface area (Å²) in [5, 5.41) is 6.80. The molecule has 0 bridgehead atoms. The Balaban J connectivity index is 1.46. The number of hydrogen-bond donors (Lipinski definition) is 2. The third kappa shape index (κ3) is 5.35. The summed E-state index contributed by atoms with van der Waals surface area (Å²) in [5.74, 6) is 0.701. The van der Waals surface area contributed by atoms with Gasteiger partial charge in [-0.3, -0.25) is 0 Å². The number of fused-ring (bicyclic) bond motifs is 3. The number of amides is 1. The van der Waals surface area contributed by atoms with Gasteiger partial charge in [0.1, 0.15) is 18.0 Å². The molecule has 1 atom stereocenters. The Labute approximate surface area is 220 Å². The van der Waals surface area contributed by atoms with E-state index >= 15 is 0 Å². The lowest BCUT2D eigenvalue weighted by atomic mass is 10.1. The van der Waals surface area contributed by atoms with Crippen LogP contribution in [0.4, 0.5) is 16.2 Å². The highest BCUT2D eigenvalue weighted by Crippen LogP contribution is 2.37. The number of aromatic nitrogens is 1. The van der Waals surface area contributed by atoms with Crippen molar-refractivity contribution in [3.8, 4) is 5.75 Å². The van der Waals surface area contributed by atoms with Crippen molar-refractivity contribution >= 4 is 62.5 Å². The van der Waals surface area contributed by atoms with Gasteiger partial charge in [0.25, 0.3) is 0 Å². The van der Waals surface area contributed by atoms with Gasteiger partial charge < -0.3 is 24.7 Å². The maximum atomic E-state index is 12.7. The molecule has 8 heteroatoms. The Bertz CT molecular complexity index is 1410. The summed E-state index contributed by atoms with van der Waals surface area (Å²) in [4.78, 5) is 18.0. The van der Waals surface area contributed by atoms with E-state index < -0.39 is 5.60 Å². The van der Waals surface area contributed by atoms with Crippen molar-refractivity contribution in [1.29, 1.82) is 0 Å². The molecule has 2 heterocycles. The van der Waals surface area contributed by atoms with Crippen molar-refractivity contribution in [2.75, 3.05) is 18.5 Å². The molecule has 3 aromatic carbocycles. The van der Waals surface area contributed by atoms with E-state index in [4.69, 9.17) is 32.7 Å². The molecule has 1 aliphatic rings. The standard InChI is InChI=1S/C28H29Cl2N3O3/c1-28(2,3)36-27(34)33-12-4-5-21(33)16-35-25-15-20(31-19-9-6-17(29)7-10-19)14-23-22-13-18(30)8-11-24(22)32-26(23)25/h6-11,13-15,21,31-32H,4-5,12,16H2,1-3H3. The average Bonchev–Trinajstić information content (AvgIpc) is 3.43. The minimum atomic E-state index is -0.537. The van der Waals surface area contributed by atoms with Crippen LogP contribution in [0.3, 0.4) is 0 Å². The van der Waals surface area contributed by atoms with Crippen LogP contribution in [-0.4, -0.2) is 40.8 Å². The fourth-order valence-electron chi connectivity index (χ4n) is 4.58. The van der Waals surface area contributed by atoms with Crippen LogP contribution in [0, 0.1) is 0 Å². The predicted molar refractivity (Wildman–Crippen MR) is 147 cm³/mol. The molecule has 4 aromatic rings. The SMILES string of the molecule is CC(C)(C)OC(=O)N1CCCC1COc1cc(Nc2ccc(Cl)cc2)cc2c1[nH]c1ccc(Cl)cc12. The zero-order chi connectivity index (χ0) is 25.4. The number of carbonyl (C=O) groups is 1. The summed E-state index contributed by atoms with van der Waals surface area (Å²) in [6.45, 7) is 6.68. The summed E-state index contributed by atoms with van der Waals surface area (Å²) >= 11 is 12.4. The van der Waals surface area contributed by atoms with Crippen LogP contribution in [0.15, 0.2) is 54.6 Å². The van der Waals surface area contributed by atoms with E-state index in [1.54, 1.807) is 4.90 Å². The minimum Gasteiger partial charge on any atom is -0.489 e. The molecule has 0 aliphatic carbocycles. The molecule has 0 radical (unpaired) electrons. The maximum Gasteiger partial charge on any atom is 0.410 e. The number of likely N-dealkylation sites (tertiary alicyclic amines) is 1. The van der Waals surface area contributed by atoms with Crippen LogP contribution in [0.5, 0.6) is 5.75 Å². The molecule has 36 heavy (non-hydrogen) atoms. The number of aromatic amines is 1. The number of anilines is 2. The minimum absolute atomic E-state index is 0.0541. The van der Waals surface area contributed by atoms with Crippen LogP contribution in [0.25, 0.3) is 21.8 Å². The molecule has 0 spiro atoms. The van der Waals surface area contributed by atoms with E-state index in [1.165, 1.54) is 0 Å². The highest BCUT2D eigenvalue weighted by atomic mass is 35.5. The molecular weight excluding hydrogens is 497 g/mol. The van der Waals surface area contributed by atoms with E-state index in [0.29, 0.717) is 28.9 Å². The molecule has 1 unspecified atom stereocenters. The van der Waals surface area contributed by atoms with Crippen LogP contribution in [-0.2, 0) is 4.74 Å². The van der Waals surface area contributed by atoms with Crippen LogP contribution in [0.2, 0.25) is 10.0 Å². The first kappa shape index (κ1) is 24.6. The normalized spacial score (nSPS) is 16.0. The van der Waals surface area contributed by atoms with Crippen molar-refractivity contribution in [2.45, 2.75) is 45.3 Å². The lowest BCUT2D eigenvalue weighted by Gasteiger charge is -2.28. The first-order valence-electron chi connectivity index (χ1n) is 12.1. The molecule has 1 saturated heterocycles. The van der Waals surface area contributed by atoms with Gasteiger partial charge in [-0.2, -0.15) is 0 Å². The van der Waals surface area contributed by atoms with Crippen molar-refractivity contribution in [1.82, 2.24) is 9.88 Å². The topological polar surface area (TPSA) is 66.6 Å². The predicted octanol–water partition coefficient (Wildman–Crippen LogP) is 8.15. The molecule has 6 nitrogen and oxygen atoms in total. The number of rotatable bonds is 5. The molecule has 1 amide bonds. The van der Waals surface area contributed by atoms with Crippen molar-refractivity contribution < 1.29 is 14.3 Å². The maximum absolute atomic E-state index is 12.7. The quantitative estimate of drug-likeness (QED) is 0.275. The van der Waals surface area contributed by atoms with Gasteiger partial charge in [-0.1, -0.05) is 23.2 Å². The number of halogens is 2. The second-order valence-corrected chi connectivity index (χ2v) is 11.0. The van der Waals surface area contributed by atoms with Crippen LogP contribution in [0.1, 0.15) is 33.6 Å². The third-order valence-corrected chi connectivity index (χ3v) is 6.69. The van der Waals surface area contributed by atoms with Gasteiger partial charge in [0.15, 0.2) is 0 Å². The van der Waals surface area contributed by atoms with E-state index in [2.05, 4.69) is 16.4 Å². The molecule has 1 fully saturated rings. The fourth-order valence-corrected chi connectivity index (χ4v) is 4.88. The Kier molecular flexibility index (Phi) is 6.66. The molecule has 2 N–H and O–H groups in total. The van der Waals surface area contributed by atoms with Gasteiger partial charge in [-0.15, -0.1) is 0 Å².